The van der Waals surface area contributed by atoms with Crippen LogP contribution in [-0.4, -0.2) is 18.0 Å². The third-order valence-electron chi connectivity index (χ3n) is 3.10. The van der Waals surface area contributed by atoms with Gasteiger partial charge in [0.2, 0.25) is 5.91 Å². The lowest BCUT2D eigenvalue weighted by Gasteiger charge is -2.16. The molecule has 0 saturated heterocycles. The van der Waals surface area contributed by atoms with Crippen LogP contribution in [0.4, 0.5) is 0 Å². The molecule has 2 rings (SSSR count). The molecule has 1 aromatic rings. The van der Waals surface area contributed by atoms with Crippen molar-refractivity contribution in [1.29, 1.82) is 0 Å². The molecular weight excluding hydrogens is 232 g/mol. The van der Waals surface area contributed by atoms with E-state index in [1.165, 1.54) is 17.7 Å². The van der Waals surface area contributed by atoms with Crippen LogP contribution < -0.4 is 11.1 Å². The Hall–Kier alpha value is -0.870. The van der Waals surface area contributed by atoms with Crippen LogP contribution in [0.2, 0.25) is 0 Å². The van der Waals surface area contributed by atoms with Crippen molar-refractivity contribution < 1.29 is 4.79 Å². The summed E-state index contributed by atoms with van der Waals surface area (Å²) in [7, 11) is 0. The zero-order valence-electron chi connectivity index (χ0n) is 10.2. The zero-order valence-corrected chi connectivity index (χ0v) is 11.0. The van der Waals surface area contributed by atoms with Crippen LogP contribution in [0.15, 0.2) is 17.5 Å². The van der Waals surface area contributed by atoms with Gasteiger partial charge >= 0.3 is 0 Å². The highest BCUT2D eigenvalue weighted by Crippen LogP contribution is 2.33. The Labute approximate surface area is 106 Å². The molecule has 0 aliphatic heterocycles. The quantitative estimate of drug-likeness (QED) is 0.812. The Kier molecular flexibility index (Phi) is 4.18. The largest absolute Gasteiger partial charge is 0.352 e. The van der Waals surface area contributed by atoms with Gasteiger partial charge in [0.05, 0.1) is 6.04 Å². The minimum absolute atomic E-state index is 0.000885. The number of carbonyl (C=O) groups is 1. The topological polar surface area (TPSA) is 55.1 Å². The molecule has 0 radical (unpaired) electrons. The minimum Gasteiger partial charge on any atom is -0.352 e. The first-order valence-corrected chi connectivity index (χ1v) is 7.11. The van der Waals surface area contributed by atoms with E-state index in [9.17, 15) is 4.79 Å². The number of thiophene rings is 1. The minimum atomic E-state index is -0.326. The van der Waals surface area contributed by atoms with Crippen LogP contribution in [0.25, 0.3) is 0 Å². The van der Waals surface area contributed by atoms with E-state index >= 15 is 0 Å². The van der Waals surface area contributed by atoms with Gasteiger partial charge in [-0.3, -0.25) is 4.79 Å². The van der Waals surface area contributed by atoms with Crippen LogP contribution >= 0.6 is 11.3 Å². The maximum absolute atomic E-state index is 11.8. The van der Waals surface area contributed by atoms with Gasteiger partial charge in [0.1, 0.15) is 0 Å². The molecule has 2 atom stereocenters. The van der Waals surface area contributed by atoms with Crippen molar-refractivity contribution >= 4 is 17.2 Å². The lowest BCUT2D eigenvalue weighted by molar-refractivity contribution is -0.123. The molecular formula is C13H20N2OS. The molecule has 1 aliphatic rings. The van der Waals surface area contributed by atoms with Crippen molar-refractivity contribution in [3.8, 4) is 0 Å². The number of nitrogens with one attached hydrogen (secondary N) is 1. The maximum atomic E-state index is 11.8. The summed E-state index contributed by atoms with van der Waals surface area (Å²) in [5.74, 6) is 0.698. The summed E-state index contributed by atoms with van der Waals surface area (Å²) in [6.07, 6.45) is 4.22. The number of nitrogens with two attached hydrogens (primary N) is 1. The Morgan fingerprint density at radius 2 is 2.41 bits per heavy atom. The van der Waals surface area contributed by atoms with Crippen LogP contribution in [0.1, 0.15) is 31.1 Å². The Morgan fingerprint density at radius 3 is 3.00 bits per heavy atom. The van der Waals surface area contributed by atoms with Gasteiger partial charge in [0, 0.05) is 17.3 Å². The zero-order chi connectivity index (χ0) is 12.3. The van der Waals surface area contributed by atoms with Crippen LogP contribution in [0.5, 0.6) is 0 Å². The number of amides is 1. The van der Waals surface area contributed by atoms with Gasteiger partial charge in [-0.05, 0) is 30.7 Å². The molecule has 1 aromatic heterocycles. The van der Waals surface area contributed by atoms with Gasteiger partial charge in [-0.2, -0.15) is 0 Å². The summed E-state index contributed by atoms with van der Waals surface area (Å²) in [4.78, 5) is 13.1. The molecule has 1 saturated carbocycles. The van der Waals surface area contributed by atoms with Crippen LogP contribution in [0, 0.1) is 5.92 Å². The normalized spacial score (nSPS) is 18.7. The lowest BCUT2D eigenvalue weighted by atomic mass is 10.1. The Morgan fingerprint density at radius 1 is 1.65 bits per heavy atom. The van der Waals surface area contributed by atoms with Gasteiger partial charge in [-0.15, -0.1) is 11.3 Å². The van der Waals surface area contributed by atoms with Crippen molar-refractivity contribution in [2.75, 3.05) is 0 Å². The summed E-state index contributed by atoms with van der Waals surface area (Å²) < 4.78 is 0. The van der Waals surface area contributed by atoms with Gasteiger partial charge in [0.15, 0.2) is 0 Å². The van der Waals surface area contributed by atoms with Crippen LogP contribution in [0.3, 0.4) is 0 Å². The second-order valence-electron chi connectivity index (χ2n) is 4.98. The van der Waals surface area contributed by atoms with E-state index in [1.807, 2.05) is 13.0 Å². The second kappa shape index (κ2) is 5.65. The predicted molar refractivity (Wildman–Crippen MR) is 70.9 cm³/mol. The summed E-state index contributed by atoms with van der Waals surface area (Å²) in [5.41, 5.74) is 5.87. The van der Waals surface area contributed by atoms with E-state index in [0.29, 0.717) is 5.92 Å². The Balaban J connectivity index is 1.73. The van der Waals surface area contributed by atoms with Crippen molar-refractivity contribution in [1.82, 2.24) is 5.32 Å². The fourth-order valence-electron chi connectivity index (χ4n) is 1.95. The van der Waals surface area contributed by atoms with Gasteiger partial charge < -0.3 is 11.1 Å². The molecule has 3 nitrogen and oxygen atoms in total. The van der Waals surface area contributed by atoms with E-state index in [4.69, 9.17) is 5.73 Å². The molecule has 1 heterocycles. The predicted octanol–water partition coefficient (Wildman–Crippen LogP) is 1.92. The van der Waals surface area contributed by atoms with E-state index in [-0.39, 0.29) is 18.0 Å². The van der Waals surface area contributed by atoms with Gasteiger partial charge in [0.25, 0.3) is 0 Å². The highest BCUT2D eigenvalue weighted by Gasteiger charge is 2.27. The van der Waals surface area contributed by atoms with E-state index < -0.39 is 0 Å². The average molecular weight is 252 g/mol. The highest BCUT2D eigenvalue weighted by atomic mass is 32.1. The first kappa shape index (κ1) is 12.6. The first-order valence-electron chi connectivity index (χ1n) is 6.23. The third kappa shape index (κ3) is 4.13. The summed E-state index contributed by atoms with van der Waals surface area (Å²) in [5, 5.41) is 5.05. The molecule has 0 aromatic carbocycles. The molecule has 0 spiro atoms. The van der Waals surface area contributed by atoms with E-state index in [2.05, 4.69) is 16.8 Å². The fourth-order valence-corrected chi connectivity index (χ4v) is 2.79. The van der Waals surface area contributed by atoms with Gasteiger partial charge in [-0.25, -0.2) is 0 Å². The summed E-state index contributed by atoms with van der Waals surface area (Å²) in [6, 6.07) is 3.96. The van der Waals surface area contributed by atoms with E-state index in [0.717, 1.165) is 12.8 Å². The first-order chi connectivity index (χ1) is 8.15. The molecule has 3 N–H and O–H groups in total. The highest BCUT2D eigenvalue weighted by molar-refractivity contribution is 7.09. The SMILES string of the molecule is CC(Cc1cccs1)NC(=O)C(N)CC1CC1. The molecule has 94 valence electrons. The second-order valence-corrected chi connectivity index (χ2v) is 6.01. The van der Waals surface area contributed by atoms with Crippen molar-refractivity contribution in [2.24, 2.45) is 11.7 Å². The van der Waals surface area contributed by atoms with Crippen molar-refractivity contribution in [3.05, 3.63) is 22.4 Å². The third-order valence-corrected chi connectivity index (χ3v) is 4.00. The van der Waals surface area contributed by atoms with Gasteiger partial charge in [-0.1, -0.05) is 18.9 Å². The average Bonchev–Trinajstić information content (AvgIpc) is 2.93. The Bertz CT molecular complexity index is 360. The smallest absolute Gasteiger partial charge is 0.237 e. The van der Waals surface area contributed by atoms with E-state index in [1.54, 1.807) is 11.3 Å². The number of hydrogen-bond acceptors (Lipinski definition) is 3. The summed E-state index contributed by atoms with van der Waals surface area (Å²) in [6.45, 7) is 2.03. The molecule has 1 aliphatic carbocycles. The molecule has 4 heteroatoms. The number of rotatable bonds is 6. The van der Waals surface area contributed by atoms with Crippen molar-refractivity contribution in [3.63, 3.8) is 0 Å². The standard InChI is InChI=1S/C13H20N2OS/c1-9(7-11-3-2-6-17-11)15-13(16)12(14)8-10-4-5-10/h2-3,6,9-10,12H,4-5,7-8,14H2,1H3,(H,15,16). The molecule has 0 bridgehead atoms. The molecule has 2 unspecified atom stereocenters. The monoisotopic (exact) mass is 252 g/mol. The molecule has 1 amide bonds. The van der Waals surface area contributed by atoms with Crippen molar-refractivity contribution in [2.45, 2.75) is 44.7 Å². The number of hydrogen-bond donors (Lipinski definition) is 2. The fraction of sp³-hybridized carbons (Fsp3) is 0.615. The summed E-state index contributed by atoms with van der Waals surface area (Å²) >= 11 is 1.72. The van der Waals surface area contributed by atoms with Crippen LogP contribution in [-0.2, 0) is 11.2 Å². The molecule has 17 heavy (non-hydrogen) atoms. The lowest BCUT2D eigenvalue weighted by Crippen LogP contribution is -2.45. The molecule has 1 fully saturated rings. The maximum Gasteiger partial charge on any atom is 0.237 e. The number of carbonyl (C=O) groups excluding carboxylic acids is 1.